The maximum atomic E-state index is 11.8. The van der Waals surface area contributed by atoms with Crippen molar-refractivity contribution in [2.45, 2.75) is 25.9 Å². The van der Waals surface area contributed by atoms with Gasteiger partial charge in [0, 0.05) is 12.0 Å². The normalized spacial score (nSPS) is 14.0. The molecule has 2 aromatic rings. The van der Waals surface area contributed by atoms with E-state index in [1.807, 2.05) is 36.4 Å². The van der Waals surface area contributed by atoms with Crippen molar-refractivity contribution in [2.75, 3.05) is 0 Å². The van der Waals surface area contributed by atoms with Gasteiger partial charge in [-0.05, 0) is 24.5 Å². The fourth-order valence-corrected chi connectivity index (χ4v) is 2.29. The highest BCUT2D eigenvalue weighted by molar-refractivity contribution is 5.98. The Kier molecular flexibility index (Phi) is 3.27. The summed E-state index contributed by atoms with van der Waals surface area (Å²) in [6, 6.07) is 11.8. The molecule has 0 atom stereocenters. The Bertz CT molecular complexity index is 593. The average molecular weight is 253 g/mol. The van der Waals surface area contributed by atoms with E-state index >= 15 is 0 Å². The number of Topliss-reactive ketones (excluding diaryl/α,β-unsaturated/α-hetero) is 1. The second-order valence-corrected chi connectivity index (χ2v) is 4.72. The smallest absolute Gasteiger partial charge is 0.164 e. The van der Waals surface area contributed by atoms with Crippen LogP contribution in [-0.2, 0) is 13.0 Å². The van der Waals surface area contributed by atoms with Crippen molar-refractivity contribution < 1.29 is 9.53 Å². The summed E-state index contributed by atoms with van der Waals surface area (Å²) in [5.74, 6) is 0.844. The van der Waals surface area contributed by atoms with Crippen LogP contribution in [0.5, 0.6) is 5.75 Å². The molecule has 0 saturated carbocycles. The number of nitrogens with zero attached hydrogens (tertiary/aromatic N) is 1. The van der Waals surface area contributed by atoms with Crippen molar-refractivity contribution in [2.24, 2.45) is 0 Å². The monoisotopic (exact) mass is 253 g/mol. The number of hydrogen-bond acceptors (Lipinski definition) is 3. The molecule has 1 heterocycles. The van der Waals surface area contributed by atoms with Crippen LogP contribution in [0.3, 0.4) is 0 Å². The average Bonchev–Trinajstić information content (AvgIpc) is 2.47. The topological polar surface area (TPSA) is 39.2 Å². The van der Waals surface area contributed by atoms with Gasteiger partial charge in [-0.1, -0.05) is 30.3 Å². The fraction of sp³-hybridized carbons (Fsp3) is 0.250. The maximum Gasteiger partial charge on any atom is 0.164 e. The van der Waals surface area contributed by atoms with Gasteiger partial charge in [-0.15, -0.1) is 0 Å². The molecule has 0 amide bonds. The summed E-state index contributed by atoms with van der Waals surface area (Å²) < 4.78 is 5.69. The molecule has 3 heteroatoms. The zero-order valence-corrected chi connectivity index (χ0v) is 10.6. The molecule has 0 aliphatic heterocycles. The molecule has 0 radical (unpaired) electrons. The van der Waals surface area contributed by atoms with E-state index in [0.717, 1.165) is 29.7 Å². The minimum absolute atomic E-state index is 0.180. The first kappa shape index (κ1) is 11.9. The van der Waals surface area contributed by atoms with E-state index in [1.165, 1.54) is 0 Å². The van der Waals surface area contributed by atoms with Gasteiger partial charge >= 0.3 is 0 Å². The molecule has 1 aliphatic rings. The first-order chi connectivity index (χ1) is 9.33. The van der Waals surface area contributed by atoms with Crippen LogP contribution < -0.4 is 4.74 Å². The summed E-state index contributed by atoms with van der Waals surface area (Å²) in [4.78, 5) is 16.2. The summed E-state index contributed by atoms with van der Waals surface area (Å²) >= 11 is 0. The third-order valence-corrected chi connectivity index (χ3v) is 3.31. The molecule has 3 nitrogen and oxygen atoms in total. The molecule has 0 spiro atoms. The van der Waals surface area contributed by atoms with Crippen LogP contribution in [0.2, 0.25) is 0 Å². The molecule has 19 heavy (non-hydrogen) atoms. The van der Waals surface area contributed by atoms with E-state index in [4.69, 9.17) is 4.74 Å². The molecule has 0 unspecified atom stereocenters. The zero-order valence-electron chi connectivity index (χ0n) is 10.6. The Hall–Kier alpha value is -2.16. The van der Waals surface area contributed by atoms with Gasteiger partial charge in [-0.25, -0.2) is 0 Å². The zero-order chi connectivity index (χ0) is 13.1. The van der Waals surface area contributed by atoms with Gasteiger partial charge in [-0.2, -0.15) is 0 Å². The highest BCUT2D eigenvalue weighted by Gasteiger charge is 2.18. The molecule has 96 valence electrons. The van der Waals surface area contributed by atoms with Crippen molar-refractivity contribution in [1.82, 2.24) is 4.98 Å². The number of aryl methyl sites for hydroxylation is 1. The first-order valence-electron chi connectivity index (χ1n) is 6.52. The highest BCUT2D eigenvalue weighted by Crippen LogP contribution is 2.23. The lowest BCUT2D eigenvalue weighted by Gasteiger charge is -2.14. The standard InChI is InChI=1S/C16H15NO2/c18-16-8-4-7-15-14(16)9-13(10-17-15)19-11-12-5-2-1-3-6-12/h1-3,5-6,9-10H,4,7-8,11H2. The third-order valence-electron chi connectivity index (χ3n) is 3.31. The van der Waals surface area contributed by atoms with Gasteiger partial charge in [0.1, 0.15) is 12.4 Å². The van der Waals surface area contributed by atoms with E-state index in [1.54, 1.807) is 6.20 Å². The second kappa shape index (κ2) is 5.22. The highest BCUT2D eigenvalue weighted by atomic mass is 16.5. The third kappa shape index (κ3) is 2.65. The van der Waals surface area contributed by atoms with Crippen molar-refractivity contribution in [3.63, 3.8) is 0 Å². The first-order valence-corrected chi connectivity index (χ1v) is 6.52. The van der Waals surface area contributed by atoms with Crippen LogP contribution in [0.15, 0.2) is 42.6 Å². The van der Waals surface area contributed by atoms with Gasteiger partial charge in [0.25, 0.3) is 0 Å². The Morgan fingerprint density at radius 2 is 2.00 bits per heavy atom. The fourth-order valence-electron chi connectivity index (χ4n) is 2.29. The van der Waals surface area contributed by atoms with Gasteiger partial charge in [-0.3, -0.25) is 9.78 Å². The van der Waals surface area contributed by atoms with Crippen LogP contribution in [0.4, 0.5) is 0 Å². The summed E-state index contributed by atoms with van der Waals surface area (Å²) in [6.07, 6.45) is 4.13. The van der Waals surface area contributed by atoms with Gasteiger partial charge in [0.2, 0.25) is 0 Å². The molecular weight excluding hydrogens is 238 g/mol. The Morgan fingerprint density at radius 1 is 1.16 bits per heavy atom. The summed E-state index contributed by atoms with van der Waals surface area (Å²) in [5.41, 5.74) is 2.74. The summed E-state index contributed by atoms with van der Waals surface area (Å²) in [5, 5.41) is 0. The van der Waals surface area contributed by atoms with Crippen LogP contribution in [0, 0.1) is 0 Å². The molecule has 3 rings (SSSR count). The number of ketones is 1. The van der Waals surface area contributed by atoms with E-state index in [9.17, 15) is 4.79 Å². The molecule has 1 aliphatic carbocycles. The predicted molar refractivity (Wildman–Crippen MR) is 72.3 cm³/mol. The number of carbonyl (C=O) groups is 1. The summed E-state index contributed by atoms with van der Waals surface area (Å²) in [6.45, 7) is 0.496. The van der Waals surface area contributed by atoms with Crippen molar-refractivity contribution in [1.29, 1.82) is 0 Å². The Labute approximate surface area is 112 Å². The lowest BCUT2D eigenvalue weighted by molar-refractivity contribution is 0.0971. The number of aromatic nitrogens is 1. The molecule has 1 aromatic heterocycles. The van der Waals surface area contributed by atoms with Gasteiger partial charge in [0.05, 0.1) is 11.9 Å². The van der Waals surface area contributed by atoms with Crippen LogP contribution in [-0.4, -0.2) is 10.8 Å². The molecular formula is C16H15NO2. The lowest BCUT2D eigenvalue weighted by Crippen LogP contribution is -2.12. The molecule has 0 fully saturated rings. The number of fused-ring (bicyclic) bond motifs is 1. The quantitative estimate of drug-likeness (QED) is 0.843. The number of pyridine rings is 1. The minimum atomic E-state index is 0.180. The van der Waals surface area contributed by atoms with E-state index in [2.05, 4.69) is 4.98 Å². The van der Waals surface area contributed by atoms with Crippen molar-refractivity contribution >= 4 is 5.78 Å². The molecule has 0 N–H and O–H groups in total. The SMILES string of the molecule is O=C1CCCc2ncc(OCc3ccccc3)cc21. The summed E-state index contributed by atoms with van der Waals surface area (Å²) in [7, 11) is 0. The number of benzene rings is 1. The van der Waals surface area contributed by atoms with E-state index in [0.29, 0.717) is 18.8 Å². The van der Waals surface area contributed by atoms with Crippen molar-refractivity contribution in [3.05, 3.63) is 59.4 Å². The van der Waals surface area contributed by atoms with E-state index in [-0.39, 0.29) is 5.78 Å². The predicted octanol–water partition coefficient (Wildman–Crippen LogP) is 3.18. The van der Waals surface area contributed by atoms with E-state index < -0.39 is 0 Å². The Balaban J connectivity index is 1.75. The second-order valence-electron chi connectivity index (χ2n) is 4.72. The largest absolute Gasteiger partial charge is 0.487 e. The number of rotatable bonds is 3. The number of ether oxygens (including phenoxy) is 1. The number of carbonyl (C=O) groups excluding carboxylic acids is 1. The maximum absolute atomic E-state index is 11.8. The minimum Gasteiger partial charge on any atom is -0.487 e. The van der Waals surface area contributed by atoms with Crippen LogP contribution in [0.25, 0.3) is 0 Å². The molecule has 0 saturated heterocycles. The molecule has 1 aromatic carbocycles. The Morgan fingerprint density at radius 3 is 2.84 bits per heavy atom. The van der Waals surface area contributed by atoms with Crippen molar-refractivity contribution in [3.8, 4) is 5.75 Å². The molecule has 0 bridgehead atoms. The van der Waals surface area contributed by atoms with Crippen LogP contribution >= 0.6 is 0 Å². The van der Waals surface area contributed by atoms with Gasteiger partial charge in [0.15, 0.2) is 5.78 Å². The lowest BCUT2D eigenvalue weighted by atomic mass is 9.95. The van der Waals surface area contributed by atoms with Crippen LogP contribution in [0.1, 0.15) is 34.5 Å². The number of hydrogen-bond donors (Lipinski definition) is 0. The van der Waals surface area contributed by atoms with Gasteiger partial charge < -0.3 is 4.74 Å².